The lowest BCUT2D eigenvalue weighted by Gasteiger charge is -2.40. The molecule has 1 unspecified atom stereocenters. The zero-order valence-electron chi connectivity index (χ0n) is 12.1. The van der Waals surface area contributed by atoms with Crippen LogP contribution in [0.1, 0.15) is 25.5 Å². The molecule has 1 atom stereocenters. The predicted octanol–water partition coefficient (Wildman–Crippen LogP) is 1.30. The molecule has 1 aromatic rings. The third-order valence-electron chi connectivity index (χ3n) is 3.93. The summed E-state index contributed by atoms with van der Waals surface area (Å²) in [6.07, 6.45) is 0. The van der Waals surface area contributed by atoms with E-state index in [2.05, 4.69) is 24.2 Å². The van der Waals surface area contributed by atoms with Crippen LogP contribution in [0, 0.1) is 0 Å². The Morgan fingerprint density at radius 2 is 1.84 bits per heavy atom. The van der Waals surface area contributed by atoms with Gasteiger partial charge in [-0.2, -0.15) is 0 Å². The van der Waals surface area contributed by atoms with Crippen molar-refractivity contribution >= 4 is 0 Å². The molecule has 1 aromatic carbocycles. The van der Waals surface area contributed by atoms with E-state index in [0.29, 0.717) is 13.2 Å². The molecular formula is C14H23N3O2. The van der Waals surface area contributed by atoms with Gasteiger partial charge in [-0.3, -0.25) is 11.3 Å². The number of rotatable bonds is 4. The average Bonchev–Trinajstić information content (AvgIpc) is 2.39. The van der Waals surface area contributed by atoms with Gasteiger partial charge in [0.15, 0.2) is 11.5 Å². The lowest BCUT2D eigenvalue weighted by Crippen LogP contribution is -2.51. The summed E-state index contributed by atoms with van der Waals surface area (Å²) in [5.41, 5.74) is 3.87. The molecule has 0 saturated carbocycles. The van der Waals surface area contributed by atoms with Crippen molar-refractivity contribution in [1.82, 2.24) is 10.3 Å². The Morgan fingerprint density at radius 1 is 1.21 bits per heavy atom. The van der Waals surface area contributed by atoms with Crippen molar-refractivity contribution in [2.75, 3.05) is 27.3 Å². The third kappa shape index (κ3) is 2.68. The van der Waals surface area contributed by atoms with Crippen LogP contribution in [0.5, 0.6) is 11.5 Å². The van der Waals surface area contributed by atoms with Gasteiger partial charge in [-0.1, -0.05) is 6.07 Å². The topological polar surface area (TPSA) is 59.8 Å². The molecule has 0 aromatic heterocycles. The number of hydrogen-bond acceptors (Lipinski definition) is 5. The van der Waals surface area contributed by atoms with Gasteiger partial charge in [-0.25, -0.2) is 0 Å². The van der Waals surface area contributed by atoms with Crippen LogP contribution in [0.3, 0.4) is 0 Å². The second kappa shape index (κ2) is 5.36. The highest BCUT2D eigenvalue weighted by Crippen LogP contribution is 2.36. The first-order valence-electron chi connectivity index (χ1n) is 6.50. The van der Waals surface area contributed by atoms with Gasteiger partial charge in [0.1, 0.15) is 13.2 Å². The SMILES string of the molecule is CN(C)C(C)(C)C(NN)c1ccc2c(c1)OCCO2. The number of nitrogens with zero attached hydrogens (tertiary/aromatic N) is 1. The lowest BCUT2D eigenvalue weighted by molar-refractivity contribution is 0.137. The maximum Gasteiger partial charge on any atom is 0.161 e. The van der Waals surface area contributed by atoms with E-state index >= 15 is 0 Å². The maximum absolute atomic E-state index is 5.76. The molecule has 1 heterocycles. The molecule has 0 aliphatic carbocycles. The van der Waals surface area contributed by atoms with Crippen molar-refractivity contribution in [2.24, 2.45) is 5.84 Å². The minimum atomic E-state index is -0.126. The van der Waals surface area contributed by atoms with Gasteiger partial charge in [0.2, 0.25) is 0 Å². The predicted molar refractivity (Wildman–Crippen MR) is 75.3 cm³/mol. The lowest BCUT2D eigenvalue weighted by atomic mass is 9.88. The second-order valence-electron chi connectivity index (χ2n) is 5.55. The molecule has 0 fully saturated rings. The second-order valence-corrected chi connectivity index (χ2v) is 5.55. The van der Waals surface area contributed by atoms with E-state index in [9.17, 15) is 0 Å². The van der Waals surface area contributed by atoms with E-state index in [1.54, 1.807) is 0 Å². The van der Waals surface area contributed by atoms with Crippen LogP contribution in [-0.2, 0) is 0 Å². The van der Waals surface area contributed by atoms with E-state index in [1.165, 1.54) is 0 Å². The van der Waals surface area contributed by atoms with E-state index in [1.807, 2.05) is 32.3 Å². The Bertz CT molecular complexity index is 446. The van der Waals surface area contributed by atoms with E-state index < -0.39 is 0 Å². The van der Waals surface area contributed by atoms with Crippen molar-refractivity contribution in [3.8, 4) is 11.5 Å². The molecule has 3 N–H and O–H groups in total. The molecule has 0 radical (unpaired) electrons. The molecular weight excluding hydrogens is 242 g/mol. The Labute approximate surface area is 114 Å². The zero-order valence-corrected chi connectivity index (χ0v) is 12.1. The highest BCUT2D eigenvalue weighted by molar-refractivity contribution is 5.45. The standard InChI is InChI=1S/C14H23N3O2/c1-14(2,17(3)4)13(16-15)10-5-6-11-12(9-10)19-8-7-18-11/h5-6,9,13,16H,7-8,15H2,1-4H3. The zero-order chi connectivity index (χ0) is 14.0. The summed E-state index contributed by atoms with van der Waals surface area (Å²) in [7, 11) is 4.09. The number of nitrogens with one attached hydrogen (secondary N) is 1. The fraction of sp³-hybridized carbons (Fsp3) is 0.571. The summed E-state index contributed by atoms with van der Waals surface area (Å²) in [6, 6.07) is 5.98. The quantitative estimate of drug-likeness (QED) is 0.635. The molecule has 106 valence electrons. The molecule has 5 nitrogen and oxygen atoms in total. The maximum atomic E-state index is 5.76. The smallest absolute Gasteiger partial charge is 0.161 e. The van der Waals surface area contributed by atoms with Crippen molar-refractivity contribution in [3.63, 3.8) is 0 Å². The van der Waals surface area contributed by atoms with Gasteiger partial charge in [-0.05, 0) is 45.6 Å². The van der Waals surface area contributed by atoms with Crippen molar-refractivity contribution in [3.05, 3.63) is 23.8 Å². The van der Waals surface area contributed by atoms with Crippen LogP contribution >= 0.6 is 0 Å². The number of hydrogen-bond donors (Lipinski definition) is 2. The number of likely N-dealkylation sites (N-methyl/N-ethyl adjacent to an activating group) is 1. The van der Waals surface area contributed by atoms with Crippen LogP contribution in [0.15, 0.2) is 18.2 Å². The molecule has 0 saturated heterocycles. The molecule has 0 spiro atoms. The molecule has 19 heavy (non-hydrogen) atoms. The van der Waals surface area contributed by atoms with Crippen molar-refractivity contribution in [1.29, 1.82) is 0 Å². The van der Waals surface area contributed by atoms with Gasteiger partial charge in [0.05, 0.1) is 6.04 Å². The van der Waals surface area contributed by atoms with Crippen LogP contribution in [0.25, 0.3) is 0 Å². The summed E-state index contributed by atoms with van der Waals surface area (Å²) in [5, 5.41) is 0. The molecule has 1 aliphatic heterocycles. The fourth-order valence-electron chi connectivity index (χ4n) is 2.21. The number of fused-ring (bicyclic) bond motifs is 1. The number of benzene rings is 1. The minimum absolute atomic E-state index is 0.00155. The summed E-state index contributed by atoms with van der Waals surface area (Å²) >= 11 is 0. The summed E-state index contributed by atoms with van der Waals surface area (Å²) in [5.74, 6) is 7.35. The normalized spacial score (nSPS) is 16.5. The fourth-order valence-corrected chi connectivity index (χ4v) is 2.21. The Balaban J connectivity index is 2.34. The monoisotopic (exact) mass is 265 g/mol. The van der Waals surface area contributed by atoms with E-state index in [0.717, 1.165) is 17.1 Å². The Kier molecular flexibility index (Phi) is 3.99. The Hall–Kier alpha value is -1.30. The summed E-state index contributed by atoms with van der Waals surface area (Å²) < 4.78 is 11.2. The van der Waals surface area contributed by atoms with Gasteiger partial charge < -0.3 is 14.4 Å². The number of ether oxygens (including phenoxy) is 2. The first kappa shape index (κ1) is 14.1. The highest BCUT2D eigenvalue weighted by atomic mass is 16.6. The van der Waals surface area contributed by atoms with Crippen molar-refractivity contribution < 1.29 is 9.47 Å². The molecule has 0 bridgehead atoms. The molecule has 5 heteroatoms. The largest absolute Gasteiger partial charge is 0.486 e. The van der Waals surface area contributed by atoms with Crippen LogP contribution in [0.2, 0.25) is 0 Å². The first-order chi connectivity index (χ1) is 8.96. The van der Waals surface area contributed by atoms with E-state index in [4.69, 9.17) is 15.3 Å². The van der Waals surface area contributed by atoms with Crippen LogP contribution in [-0.4, -0.2) is 37.7 Å². The van der Waals surface area contributed by atoms with Crippen LogP contribution < -0.4 is 20.7 Å². The van der Waals surface area contributed by atoms with Crippen LogP contribution in [0.4, 0.5) is 0 Å². The summed E-state index contributed by atoms with van der Waals surface area (Å²) in [4.78, 5) is 2.15. The van der Waals surface area contributed by atoms with E-state index in [-0.39, 0.29) is 11.6 Å². The minimum Gasteiger partial charge on any atom is -0.486 e. The van der Waals surface area contributed by atoms with Gasteiger partial charge in [-0.15, -0.1) is 0 Å². The molecule has 2 rings (SSSR count). The van der Waals surface area contributed by atoms with Gasteiger partial charge in [0, 0.05) is 5.54 Å². The Morgan fingerprint density at radius 3 is 2.42 bits per heavy atom. The van der Waals surface area contributed by atoms with Crippen molar-refractivity contribution in [2.45, 2.75) is 25.4 Å². The first-order valence-corrected chi connectivity index (χ1v) is 6.50. The van der Waals surface area contributed by atoms with Gasteiger partial charge >= 0.3 is 0 Å². The number of nitrogens with two attached hydrogens (primary N) is 1. The molecule has 1 aliphatic rings. The number of hydrazine groups is 1. The highest BCUT2D eigenvalue weighted by Gasteiger charge is 2.32. The summed E-state index contributed by atoms with van der Waals surface area (Å²) in [6.45, 7) is 5.49. The van der Waals surface area contributed by atoms with Gasteiger partial charge in [0.25, 0.3) is 0 Å². The average molecular weight is 265 g/mol. The molecule has 0 amide bonds. The third-order valence-corrected chi connectivity index (χ3v) is 3.93.